The fraction of sp³-hybridized carbons (Fsp3) is 0.560. The van der Waals surface area contributed by atoms with Gasteiger partial charge in [0.05, 0.1) is 30.3 Å². The van der Waals surface area contributed by atoms with Gasteiger partial charge in [0.15, 0.2) is 0 Å². The van der Waals surface area contributed by atoms with Crippen molar-refractivity contribution in [3.05, 3.63) is 35.0 Å². The summed E-state index contributed by atoms with van der Waals surface area (Å²) in [5, 5.41) is 0.849. The van der Waals surface area contributed by atoms with Crippen LogP contribution in [0.3, 0.4) is 0 Å². The number of aromatic nitrogens is 1. The van der Waals surface area contributed by atoms with Crippen LogP contribution in [0.25, 0.3) is 0 Å². The van der Waals surface area contributed by atoms with Gasteiger partial charge in [-0.2, -0.15) is 13.2 Å². The number of hydrogen-bond acceptors (Lipinski definition) is 6. The highest BCUT2D eigenvalue weighted by molar-refractivity contribution is 7.98. The Hall–Kier alpha value is -1.41. The number of nitrogens with zero attached hydrogens (tertiary/aromatic N) is 3. The average Bonchev–Trinajstić information content (AvgIpc) is 3.12. The van der Waals surface area contributed by atoms with E-state index in [1.807, 2.05) is 11.2 Å². The van der Waals surface area contributed by atoms with Crippen LogP contribution >= 0.6 is 23.4 Å². The quantitative estimate of drug-likeness (QED) is 0.113. The molecule has 0 radical (unpaired) electrons. The van der Waals surface area contributed by atoms with Gasteiger partial charge in [-0.05, 0) is 30.5 Å². The summed E-state index contributed by atoms with van der Waals surface area (Å²) >= 11 is 7.66. The number of alkyl halides is 3. The minimum Gasteiger partial charge on any atom is -0.493 e. The smallest absolute Gasteiger partial charge is 0.421 e. The summed E-state index contributed by atoms with van der Waals surface area (Å²) in [4.78, 5) is 7.97. The van der Waals surface area contributed by atoms with Gasteiger partial charge in [0, 0.05) is 28.8 Å². The maximum atomic E-state index is 14.5. The number of fused-ring (bicyclic) bond motifs is 1. The van der Waals surface area contributed by atoms with Gasteiger partial charge in [-0.25, -0.2) is 4.98 Å². The Bertz CT molecular complexity index is 1090. The molecule has 0 spiro atoms. The SMILES string of the molecule is CSc1nc(Cl)cc2c1N(c1cccc(OCC[Si](C)(C)C)c1C(F)(F)F)CN2COCC[Si](C)(C)C. The molecule has 0 fully saturated rings. The number of benzene rings is 1. The van der Waals surface area contributed by atoms with Crippen LogP contribution < -0.4 is 14.5 Å². The molecule has 0 bridgehead atoms. The molecule has 3 rings (SSSR count). The molecule has 1 aromatic heterocycles. The highest BCUT2D eigenvalue weighted by atomic mass is 35.5. The molecule has 0 saturated heterocycles. The average molecular weight is 592 g/mol. The lowest BCUT2D eigenvalue weighted by Gasteiger charge is -2.27. The van der Waals surface area contributed by atoms with E-state index in [1.165, 1.54) is 23.9 Å². The zero-order valence-corrected chi connectivity index (χ0v) is 26.2. The fourth-order valence-electron chi connectivity index (χ4n) is 3.90. The molecular weight excluding hydrogens is 555 g/mol. The first-order chi connectivity index (χ1) is 17.1. The predicted octanol–water partition coefficient (Wildman–Crippen LogP) is 8.42. The predicted molar refractivity (Wildman–Crippen MR) is 155 cm³/mol. The summed E-state index contributed by atoms with van der Waals surface area (Å²) in [6.45, 7) is 14.6. The Morgan fingerprint density at radius 3 is 2.27 bits per heavy atom. The van der Waals surface area contributed by atoms with E-state index in [2.05, 4.69) is 44.3 Å². The zero-order valence-electron chi connectivity index (χ0n) is 22.6. The number of pyridine rings is 1. The number of rotatable bonds is 11. The van der Waals surface area contributed by atoms with Crippen LogP contribution in [0, 0.1) is 0 Å². The van der Waals surface area contributed by atoms with E-state index < -0.39 is 27.9 Å². The fourth-order valence-corrected chi connectivity index (χ4v) is 6.21. The van der Waals surface area contributed by atoms with E-state index in [0.717, 1.165) is 12.1 Å². The second-order valence-corrected chi connectivity index (χ2v) is 24.0. The summed E-state index contributed by atoms with van der Waals surface area (Å²) in [5.74, 6) is -0.151. The van der Waals surface area contributed by atoms with Crippen LogP contribution in [0.1, 0.15) is 5.56 Å². The first-order valence-electron chi connectivity index (χ1n) is 12.3. The molecule has 12 heteroatoms. The number of anilines is 3. The lowest BCUT2D eigenvalue weighted by molar-refractivity contribution is -0.138. The molecule has 0 aliphatic carbocycles. The number of ether oxygens (including phenoxy) is 2. The molecule has 5 nitrogen and oxygen atoms in total. The van der Waals surface area contributed by atoms with Crippen LogP contribution in [0.15, 0.2) is 29.3 Å². The van der Waals surface area contributed by atoms with Crippen LogP contribution in [0.5, 0.6) is 5.75 Å². The molecule has 0 atom stereocenters. The van der Waals surface area contributed by atoms with Gasteiger partial charge in [0.25, 0.3) is 0 Å². The topological polar surface area (TPSA) is 37.8 Å². The molecule has 2 heterocycles. The van der Waals surface area contributed by atoms with Crippen molar-refractivity contribution in [3.8, 4) is 5.75 Å². The van der Waals surface area contributed by atoms with E-state index in [4.69, 9.17) is 21.1 Å². The largest absolute Gasteiger partial charge is 0.493 e. The van der Waals surface area contributed by atoms with Crippen molar-refractivity contribution in [2.75, 3.05) is 42.7 Å². The monoisotopic (exact) mass is 591 g/mol. The molecule has 1 aliphatic rings. The number of hydrogen-bond donors (Lipinski definition) is 0. The first-order valence-corrected chi connectivity index (χ1v) is 21.3. The van der Waals surface area contributed by atoms with E-state index >= 15 is 0 Å². The summed E-state index contributed by atoms with van der Waals surface area (Å²) in [7, 11) is -2.75. The second-order valence-electron chi connectivity index (χ2n) is 11.6. The van der Waals surface area contributed by atoms with Crippen LogP contribution in [0.4, 0.5) is 30.2 Å². The van der Waals surface area contributed by atoms with E-state index in [1.54, 1.807) is 17.0 Å². The summed E-state index contributed by atoms with van der Waals surface area (Å²) < 4.78 is 55.3. The normalized spacial score (nSPS) is 14.4. The van der Waals surface area contributed by atoms with Crippen molar-refractivity contribution >= 4 is 56.6 Å². The van der Waals surface area contributed by atoms with Crippen molar-refractivity contribution in [3.63, 3.8) is 0 Å². The third kappa shape index (κ3) is 8.04. The zero-order chi connectivity index (χ0) is 27.6. The van der Waals surface area contributed by atoms with E-state index in [0.29, 0.717) is 23.0 Å². The Kier molecular flexibility index (Phi) is 9.59. The molecule has 37 heavy (non-hydrogen) atoms. The Balaban J connectivity index is 2.01. The second kappa shape index (κ2) is 11.8. The van der Waals surface area contributed by atoms with Crippen molar-refractivity contribution < 1.29 is 22.6 Å². The molecular formula is C25H37ClF3N3O2SSi2. The highest BCUT2D eigenvalue weighted by Gasteiger charge is 2.42. The van der Waals surface area contributed by atoms with Gasteiger partial charge in [-0.3, -0.25) is 0 Å². The lowest BCUT2D eigenvalue weighted by atomic mass is 10.1. The lowest BCUT2D eigenvalue weighted by Crippen LogP contribution is -2.32. The van der Waals surface area contributed by atoms with Crippen molar-refractivity contribution in [1.82, 2.24) is 4.98 Å². The van der Waals surface area contributed by atoms with Crippen LogP contribution in [-0.4, -0.2) is 54.0 Å². The molecule has 0 N–H and O–H groups in total. The molecule has 0 unspecified atom stereocenters. The molecule has 2 aromatic rings. The highest BCUT2D eigenvalue weighted by Crippen LogP contribution is 2.51. The van der Waals surface area contributed by atoms with Crippen LogP contribution in [0.2, 0.25) is 56.5 Å². The van der Waals surface area contributed by atoms with Gasteiger partial charge in [-0.15, -0.1) is 11.8 Å². The third-order valence-corrected chi connectivity index (χ3v) is 10.2. The number of thioether (sulfide) groups is 1. The van der Waals surface area contributed by atoms with Crippen LogP contribution in [-0.2, 0) is 10.9 Å². The number of halogens is 4. The Labute approximate surface area is 229 Å². The standard InChI is InChI=1S/C25H37ClF3N3O2SSi2/c1-35-24-23-19(15-21(26)30-24)31(17-33-11-13-36(2,3)4)16-32(23)18-9-8-10-20(22(18)25(27,28)29)34-12-14-37(5,6)7/h8-10,15H,11-14,16-17H2,1-7H3. The summed E-state index contributed by atoms with van der Waals surface area (Å²) in [5.41, 5.74) is 0.550. The minimum absolute atomic E-state index is 0.0308. The Morgan fingerprint density at radius 1 is 1.03 bits per heavy atom. The van der Waals surface area contributed by atoms with Gasteiger partial charge in [0.1, 0.15) is 28.2 Å². The summed E-state index contributed by atoms with van der Waals surface area (Å²) in [6, 6.07) is 7.97. The first kappa shape index (κ1) is 30.1. The van der Waals surface area contributed by atoms with Crippen molar-refractivity contribution in [2.24, 2.45) is 0 Å². The Morgan fingerprint density at radius 2 is 1.68 bits per heavy atom. The summed E-state index contributed by atoms with van der Waals surface area (Å²) in [6.07, 6.45) is -2.77. The van der Waals surface area contributed by atoms with E-state index in [9.17, 15) is 13.2 Å². The van der Waals surface area contributed by atoms with Crippen molar-refractivity contribution in [1.29, 1.82) is 0 Å². The van der Waals surface area contributed by atoms with Crippen molar-refractivity contribution in [2.45, 2.75) is 62.6 Å². The van der Waals surface area contributed by atoms with E-state index in [-0.39, 0.29) is 36.6 Å². The molecule has 0 saturated carbocycles. The molecule has 1 aliphatic heterocycles. The minimum atomic E-state index is -4.61. The molecule has 206 valence electrons. The van der Waals surface area contributed by atoms with Gasteiger partial charge >= 0.3 is 6.18 Å². The van der Waals surface area contributed by atoms with Gasteiger partial charge in [0.2, 0.25) is 0 Å². The molecule has 0 amide bonds. The van der Waals surface area contributed by atoms with Gasteiger partial charge < -0.3 is 19.3 Å². The van der Waals surface area contributed by atoms with Gasteiger partial charge in [-0.1, -0.05) is 56.9 Å². The maximum Gasteiger partial charge on any atom is 0.421 e. The third-order valence-electron chi connectivity index (χ3n) is 5.96. The maximum absolute atomic E-state index is 14.5. The molecule has 1 aromatic carbocycles.